The first-order valence-electron chi connectivity index (χ1n) is 10.1. The lowest BCUT2D eigenvalue weighted by Crippen LogP contribution is -2.50. The Kier molecular flexibility index (Phi) is 6.67. The molecule has 2 aromatic rings. The van der Waals surface area contributed by atoms with Crippen molar-refractivity contribution in [3.05, 3.63) is 59.8 Å². The van der Waals surface area contributed by atoms with Crippen LogP contribution in [-0.2, 0) is 4.74 Å². The van der Waals surface area contributed by atoms with E-state index < -0.39 is 11.7 Å². The lowest BCUT2D eigenvalue weighted by atomic mass is 9.92. The van der Waals surface area contributed by atoms with Crippen molar-refractivity contribution < 1.29 is 19.2 Å². The van der Waals surface area contributed by atoms with Gasteiger partial charge < -0.3 is 14.4 Å². The fourth-order valence-electron chi connectivity index (χ4n) is 3.67. The van der Waals surface area contributed by atoms with Gasteiger partial charge in [-0.25, -0.2) is 4.79 Å². The van der Waals surface area contributed by atoms with Crippen molar-refractivity contribution in [2.24, 2.45) is 0 Å². The first-order valence-corrected chi connectivity index (χ1v) is 10.1. The molecule has 29 heavy (non-hydrogen) atoms. The second kappa shape index (κ2) is 9.20. The molecule has 0 radical (unpaired) electrons. The summed E-state index contributed by atoms with van der Waals surface area (Å²) in [6.07, 6.45) is 7.85. The van der Waals surface area contributed by atoms with Crippen LogP contribution in [-0.4, -0.2) is 46.6 Å². The van der Waals surface area contributed by atoms with Crippen molar-refractivity contribution in [3.8, 4) is 11.3 Å². The Balaban J connectivity index is 1.84. The summed E-state index contributed by atoms with van der Waals surface area (Å²) < 4.78 is 11.9. The van der Waals surface area contributed by atoms with Crippen LogP contribution in [0.1, 0.15) is 49.7 Å². The van der Waals surface area contributed by atoms with Crippen LogP contribution in [0.15, 0.2) is 53.1 Å². The molecule has 6 nitrogen and oxygen atoms in total. The highest BCUT2D eigenvalue weighted by Gasteiger charge is 2.36. The molecule has 0 spiro atoms. The van der Waals surface area contributed by atoms with Gasteiger partial charge in [-0.1, -0.05) is 50.2 Å². The number of carboxylic acid groups (broad SMARTS) is 1. The molecule has 0 saturated heterocycles. The van der Waals surface area contributed by atoms with E-state index in [0.717, 1.165) is 36.3 Å². The molecule has 0 fully saturated rings. The number of ether oxygens (including phenoxy) is 1. The molecular weight excluding hydrogens is 368 g/mol. The number of allylic oxidation sites excluding steroid dienone is 2. The maximum absolute atomic E-state index is 11.0. The fourth-order valence-corrected chi connectivity index (χ4v) is 3.67. The summed E-state index contributed by atoms with van der Waals surface area (Å²) in [7, 11) is 0. The Hall–Kier alpha value is -2.70. The second-order valence-electron chi connectivity index (χ2n) is 7.05. The van der Waals surface area contributed by atoms with Gasteiger partial charge in [0.15, 0.2) is 5.76 Å². The Labute approximate surface area is 171 Å². The third-order valence-electron chi connectivity index (χ3n) is 5.21. The standard InChI is InChI=1S/C23H28N2O4/c1-4-14-28-23(25(5-2)6-3)13-7-8-19(16-23)20-15-21(29-24-20)17-9-11-18(12-10-17)22(26)27/h7-13,15H,4-6,14,16H2,1-3H3,(H,26,27). The van der Waals surface area contributed by atoms with E-state index >= 15 is 0 Å². The summed E-state index contributed by atoms with van der Waals surface area (Å²) in [5.41, 5.74) is 2.37. The number of carbonyl (C=O) groups is 1. The van der Waals surface area contributed by atoms with Crippen LogP contribution >= 0.6 is 0 Å². The predicted octanol–water partition coefficient (Wildman–Crippen LogP) is 4.85. The van der Waals surface area contributed by atoms with Gasteiger partial charge in [0.25, 0.3) is 0 Å². The summed E-state index contributed by atoms with van der Waals surface area (Å²) in [5.74, 6) is -0.343. The van der Waals surface area contributed by atoms with Crippen molar-refractivity contribution >= 4 is 11.5 Å². The number of likely N-dealkylation sites (N-methyl/N-ethyl adjacent to an activating group) is 1. The van der Waals surface area contributed by atoms with E-state index in [1.54, 1.807) is 24.3 Å². The van der Waals surface area contributed by atoms with E-state index in [1.807, 2.05) is 18.2 Å². The minimum Gasteiger partial charge on any atom is -0.478 e. The molecule has 6 heteroatoms. The van der Waals surface area contributed by atoms with Crippen LogP contribution in [0.3, 0.4) is 0 Å². The SMILES string of the molecule is CCCOC1(N(CC)CC)C=CC=C(c2cc(-c3ccc(C(=O)O)cc3)on2)C1. The summed E-state index contributed by atoms with van der Waals surface area (Å²) in [6, 6.07) is 8.48. The Morgan fingerprint density at radius 1 is 1.24 bits per heavy atom. The average molecular weight is 396 g/mol. The molecule has 3 rings (SSSR count). The molecule has 1 aromatic carbocycles. The quantitative estimate of drug-likeness (QED) is 0.611. The molecule has 1 unspecified atom stereocenters. The van der Waals surface area contributed by atoms with Gasteiger partial charge in [0, 0.05) is 24.7 Å². The summed E-state index contributed by atoms with van der Waals surface area (Å²) in [4.78, 5) is 13.4. The number of nitrogens with zero attached hydrogens (tertiary/aromatic N) is 2. The van der Waals surface area contributed by atoms with Crippen LogP contribution in [0.5, 0.6) is 0 Å². The Morgan fingerprint density at radius 2 is 1.97 bits per heavy atom. The van der Waals surface area contributed by atoms with Gasteiger partial charge in [0.05, 0.1) is 5.56 Å². The molecule has 0 saturated carbocycles. The topological polar surface area (TPSA) is 75.8 Å². The van der Waals surface area contributed by atoms with Crippen molar-refractivity contribution in [2.75, 3.05) is 19.7 Å². The average Bonchev–Trinajstić information content (AvgIpc) is 3.24. The first kappa shape index (κ1) is 21.0. The highest BCUT2D eigenvalue weighted by Crippen LogP contribution is 2.36. The molecule has 1 aliphatic carbocycles. The van der Waals surface area contributed by atoms with Crippen molar-refractivity contribution in [3.63, 3.8) is 0 Å². The minimum atomic E-state index is -0.950. The van der Waals surface area contributed by atoms with E-state index in [4.69, 9.17) is 14.4 Å². The minimum absolute atomic E-state index is 0.241. The van der Waals surface area contributed by atoms with E-state index in [1.165, 1.54) is 0 Å². The summed E-state index contributed by atoms with van der Waals surface area (Å²) in [5, 5.41) is 13.3. The zero-order valence-electron chi connectivity index (χ0n) is 17.2. The van der Waals surface area contributed by atoms with Crippen molar-refractivity contribution in [1.29, 1.82) is 0 Å². The number of carboxylic acids is 1. The van der Waals surface area contributed by atoms with Gasteiger partial charge >= 0.3 is 5.97 Å². The molecule has 0 aliphatic heterocycles. The molecule has 1 aromatic heterocycles. The molecule has 154 valence electrons. The monoisotopic (exact) mass is 396 g/mol. The maximum atomic E-state index is 11.0. The third kappa shape index (κ3) is 4.49. The summed E-state index contributed by atoms with van der Waals surface area (Å²) >= 11 is 0. The van der Waals surface area contributed by atoms with Crippen LogP contribution in [0, 0.1) is 0 Å². The highest BCUT2D eigenvalue weighted by atomic mass is 16.5. The largest absolute Gasteiger partial charge is 0.478 e. The molecule has 1 aliphatic rings. The highest BCUT2D eigenvalue weighted by molar-refractivity contribution is 5.88. The van der Waals surface area contributed by atoms with E-state index in [-0.39, 0.29) is 5.56 Å². The first-order chi connectivity index (χ1) is 14.0. The smallest absolute Gasteiger partial charge is 0.335 e. The van der Waals surface area contributed by atoms with Crippen molar-refractivity contribution in [1.82, 2.24) is 10.1 Å². The zero-order valence-corrected chi connectivity index (χ0v) is 17.2. The number of rotatable bonds is 9. The molecular formula is C23H28N2O4. The number of aromatic carboxylic acids is 1. The number of benzene rings is 1. The molecule has 0 amide bonds. The van der Waals surface area contributed by atoms with Crippen LogP contribution in [0.2, 0.25) is 0 Å². The third-order valence-corrected chi connectivity index (χ3v) is 5.21. The van der Waals surface area contributed by atoms with Crippen LogP contribution < -0.4 is 0 Å². The van der Waals surface area contributed by atoms with Gasteiger partial charge in [-0.05, 0) is 43.3 Å². The zero-order chi connectivity index (χ0) is 20.9. The Bertz CT molecular complexity index is 894. The van der Waals surface area contributed by atoms with E-state index in [0.29, 0.717) is 18.8 Å². The van der Waals surface area contributed by atoms with Crippen LogP contribution in [0.4, 0.5) is 0 Å². The molecule has 1 atom stereocenters. The second-order valence-corrected chi connectivity index (χ2v) is 7.05. The fraction of sp³-hybridized carbons (Fsp3) is 0.391. The van der Waals surface area contributed by atoms with E-state index in [2.05, 4.69) is 36.9 Å². The molecule has 0 bridgehead atoms. The normalized spacial score (nSPS) is 18.8. The predicted molar refractivity (Wildman–Crippen MR) is 113 cm³/mol. The number of hydrogen-bond donors (Lipinski definition) is 1. The molecule has 1 heterocycles. The summed E-state index contributed by atoms with van der Waals surface area (Å²) in [6.45, 7) is 8.85. The number of aromatic nitrogens is 1. The van der Waals surface area contributed by atoms with Gasteiger partial charge in [-0.15, -0.1) is 0 Å². The van der Waals surface area contributed by atoms with Gasteiger partial charge in [0.2, 0.25) is 0 Å². The Morgan fingerprint density at radius 3 is 2.59 bits per heavy atom. The van der Waals surface area contributed by atoms with Crippen molar-refractivity contribution in [2.45, 2.75) is 39.3 Å². The maximum Gasteiger partial charge on any atom is 0.335 e. The van der Waals surface area contributed by atoms with Gasteiger partial charge in [0.1, 0.15) is 11.4 Å². The lowest BCUT2D eigenvalue weighted by molar-refractivity contribution is -0.116. The lowest BCUT2D eigenvalue weighted by Gasteiger charge is -2.42. The van der Waals surface area contributed by atoms with Gasteiger partial charge in [-0.2, -0.15) is 0 Å². The molecule has 1 N–H and O–H groups in total. The number of hydrogen-bond acceptors (Lipinski definition) is 5. The van der Waals surface area contributed by atoms with Crippen LogP contribution in [0.25, 0.3) is 16.9 Å². The van der Waals surface area contributed by atoms with Gasteiger partial charge in [-0.3, -0.25) is 4.90 Å². The van der Waals surface area contributed by atoms with E-state index in [9.17, 15) is 4.79 Å².